The van der Waals surface area contributed by atoms with E-state index in [4.69, 9.17) is 5.21 Å². The second-order valence-electron chi connectivity index (χ2n) is 6.34. The van der Waals surface area contributed by atoms with Crippen LogP contribution in [-0.2, 0) is 0 Å². The summed E-state index contributed by atoms with van der Waals surface area (Å²) >= 11 is 2.22. The molecule has 1 aromatic heterocycles. The van der Waals surface area contributed by atoms with Gasteiger partial charge in [0.15, 0.2) is 5.01 Å². The van der Waals surface area contributed by atoms with Crippen molar-refractivity contribution in [1.29, 1.82) is 0 Å². The number of aromatic nitrogens is 1. The number of thiazole rings is 1. The summed E-state index contributed by atoms with van der Waals surface area (Å²) in [6, 6.07) is 14.6. The van der Waals surface area contributed by atoms with Crippen molar-refractivity contribution in [2.75, 3.05) is 0 Å². The van der Waals surface area contributed by atoms with Gasteiger partial charge in [-0.3, -0.25) is 14.8 Å². The number of hydrogen-bond acceptors (Lipinski definition) is 6. The Morgan fingerprint density at radius 1 is 1.14 bits per heavy atom. The van der Waals surface area contributed by atoms with Crippen molar-refractivity contribution >= 4 is 44.5 Å². The number of fused-ring (bicyclic) bond motifs is 1. The van der Waals surface area contributed by atoms with Crippen molar-refractivity contribution in [1.82, 2.24) is 15.8 Å². The van der Waals surface area contributed by atoms with E-state index in [1.54, 1.807) is 29.7 Å². The zero-order chi connectivity index (χ0) is 20.1. The first kappa shape index (κ1) is 19.9. The summed E-state index contributed by atoms with van der Waals surface area (Å²) < 4.78 is 0.962. The minimum atomic E-state index is -0.751. The fourth-order valence-corrected chi connectivity index (χ4v) is 3.70. The number of rotatable bonds is 3. The molecule has 0 bridgehead atoms. The topological polar surface area (TPSA) is 91.3 Å². The fourth-order valence-electron chi connectivity index (χ4n) is 2.30. The van der Waals surface area contributed by atoms with Crippen molar-refractivity contribution in [3.8, 4) is 11.8 Å². The molecular weight excluding hydrogens is 394 g/mol. The van der Waals surface area contributed by atoms with Gasteiger partial charge in [0.25, 0.3) is 5.91 Å². The summed E-state index contributed by atoms with van der Waals surface area (Å²) in [6.45, 7) is 3.64. The zero-order valence-corrected chi connectivity index (χ0v) is 16.8. The van der Waals surface area contributed by atoms with Crippen LogP contribution in [0.15, 0.2) is 53.4 Å². The van der Waals surface area contributed by atoms with Gasteiger partial charge in [-0.2, -0.15) is 0 Å². The predicted molar refractivity (Wildman–Crippen MR) is 111 cm³/mol. The molecule has 0 radical (unpaired) electrons. The predicted octanol–water partition coefficient (Wildman–Crippen LogP) is 4.05. The Hall–Kier alpha value is -2.86. The van der Waals surface area contributed by atoms with Crippen LogP contribution >= 0.6 is 23.1 Å². The Balaban J connectivity index is 1.68. The second kappa shape index (κ2) is 8.44. The van der Waals surface area contributed by atoms with Crippen molar-refractivity contribution in [2.24, 2.45) is 0 Å². The van der Waals surface area contributed by atoms with Gasteiger partial charge >= 0.3 is 5.24 Å². The number of benzene rings is 2. The van der Waals surface area contributed by atoms with Gasteiger partial charge < -0.3 is 5.32 Å². The fraction of sp³-hybridized carbons (Fsp3) is 0.150. The summed E-state index contributed by atoms with van der Waals surface area (Å²) in [7, 11) is 0. The molecular formula is C20H17N3O3S2. The Morgan fingerprint density at radius 2 is 1.86 bits per heavy atom. The molecule has 8 heteroatoms. The molecule has 28 heavy (non-hydrogen) atoms. The maximum absolute atomic E-state index is 12.5. The molecule has 2 aromatic carbocycles. The maximum atomic E-state index is 12.5. The highest BCUT2D eigenvalue weighted by Gasteiger charge is 2.21. The van der Waals surface area contributed by atoms with Crippen molar-refractivity contribution in [2.45, 2.75) is 24.3 Å². The lowest BCUT2D eigenvalue weighted by Crippen LogP contribution is -2.42. The molecule has 0 saturated carbocycles. The van der Waals surface area contributed by atoms with E-state index in [2.05, 4.69) is 22.1 Å². The average molecular weight is 412 g/mol. The van der Waals surface area contributed by atoms with Crippen LogP contribution in [0.25, 0.3) is 10.2 Å². The van der Waals surface area contributed by atoms with E-state index in [-0.39, 0.29) is 5.91 Å². The molecule has 6 nitrogen and oxygen atoms in total. The second-order valence-corrected chi connectivity index (χ2v) is 8.42. The molecule has 1 heterocycles. The maximum Gasteiger partial charge on any atom is 0.307 e. The van der Waals surface area contributed by atoms with Gasteiger partial charge in [-0.15, -0.1) is 11.3 Å². The highest BCUT2D eigenvalue weighted by molar-refractivity contribution is 8.13. The van der Waals surface area contributed by atoms with Crippen LogP contribution in [0.3, 0.4) is 0 Å². The first-order valence-corrected chi connectivity index (χ1v) is 9.93. The highest BCUT2D eigenvalue weighted by atomic mass is 32.2. The number of carbonyl (C=O) groups is 2. The molecule has 0 aliphatic heterocycles. The molecule has 142 valence electrons. The van der Waals surface area contributed by atoms with E-state index in [0.29, 0.717) is 9.90 Å². The largest absolute Gasteiger partial charge is 0.334 e. The summed E-state index contributed by atoms with van der Waals surface area (Å²) in [6.07, 6.45) is 0. The molecule has 0 aliphatic carbocycles. The van der Waals surface area contributed by atoms with Gasteiger partial charge in [0.2, 0.25) is 0 Å². The molecule has 0 unspecified atom stereocenters. The minimum absolute atomic E-state index is 0.262. The van der Waals surface area contributed by atoms with Gasteiger partial charge in [-0.05, 0) is 62.0 Å². The van der Waals surface area contributed by atoms with Crippen LogP contribution in [0.2, 0.25) is 0 Å². The minimum Gasteiger partial charge on any atom is -0.334 e. The molecule has 2 amide bonds. The molecule has 0 atom stereocenters. The lowest BCUT2D eigenvalue weighted by Gasteiger charge is -2.18. The number of hydrogen-bond donors (Lipinski definition) is 3. The van der Waals surface area contributed by atoms with Crippen molar-refractivity contribution < 1.29 is 14.8 Å². The molecule has 0 aliphatic rings. The van der Waals surface area contributed by atoms with Crippen LogP contribution in [0, 0.1) is 11.8 Å². The standard InChI is InChI=1S/C20H17N3O3S2/c1-20(2,12-11-13-7-9-14(10-8-13)27-19(25)23-26)22-17(24)18-21-15-5-3-4-6-16(15)28-18/h3-10,26H,1-2H3,(H,22,24)(H,23,25). The molecule has 0 spiro atoms. The molecule has 3 rings (SSSR count). The summed E-state index contributed by atoms with van der Waals surface area (Å²) in [5.41, 5.74) is 2.36. The number of nitrogens with one attached hydrogen (secondary N) is 2. The summed E-state index contributed by atoms with van der Waals surface area (Å²) in [5.74, 6) is 5.81. The van der Waals surface area contributed by atoms with E-state index in [1.165, 1.54) is 11.3 Å². The Kier molecular flexibility index (Phi) is 5.99. The average Bonchev–Trinajstić information content (AvgIpc) is 3.11. The van der Waals surface area contributed by atoms with Gasteiger partial charge in [-0.1, -0.05) is 24.0 Å². The first-order chi connectivity index (χ1) is 13.4. The van der Waals surface area contributed by atoms with Crippen LogP contribution in [-0.4, -0.2) is 26.9 Å². The number of hydroxylamine groups is 1. The van der Waals surface area contributed by atoms with Crippen LogP contribution in [0.1, 0.15) is 29.2 Å². The van der Waals surface area contributed by atoms with Gasteiger partial charge in [0.1, 0.15) is 0 Å². The lowest BCUT2D eigenvalue weighted by molar-refractivity contribution is 0.0929. The van der Waals surface area contributed by atoms with E-state index < -0.39 is 10.8 Å². The van der Waals surface area contributed by atoms with Gasteiger partial charge in [0.05, 0.1) is 15.8 Å². The van der Waals surface area contributed by atoms with E-state index in [9.17, 15) is 9.59 Å². The summed E-state index contributed by atoms with van der Waals surface area (Å²) in [5, 5.41) is 11.3. The van der Waals surface area contributed by atoms with E-state index >= 15 is 0 Å². The Morgan fingerprint density at radius 3 is 2.54 bits per heavy atom. The quantitative estimate of drug-likeness (QED) is 0.262. The summed E-state index contributed by atoms with van der Waals surface area (Å²) in [4.78, 5) is 28.7. The first-order valence-electron chi connectivity index (χ1n) is 8.29. The molecule has 0 saturated heterocycles. The normalized spacial score (nSPS) is 10.8. The third-order valence-electron chi connectivity index (χ3n) is 3.59. The van der Waals surface area contributed by atoms with E-state index in [1.807, 2.05) is 38.1 Å². The lowest BCUT2D eigenvalue weighted by atomic mass is 10.1. The van der Waals surface area contributed by atoms with Gasteiger partial charge in [0, 0.05) is 10.5 Å². The van der Waals surface area contributed by atoms with Crippen molar-refractivity contribution in [3.05, 3.63) is 59.1 Å². The van der Waals surface area contributed by atoms with Crippen LogP contribution in [0.5, 0.6) is 0 Å². The Bertz CT molecular complexity index is 1050. The van der Waals surface area contributed by atoms with Crippen LogP contribution in [0.4, 0.5) is 4.79 Å². The number of amides is 2. The van der Waals surface area contributed by atoms with Crippen LogP contribution < -0.4 is 10.8 Å². The van der Waals surface area contributed by atoms with Crippen molar-refractivity contribution in [3.63, 3.8) is 0 Å². The zero-order valence-electron chi connectivity index (χ0n) is 15.1. The number of para-hydroxylation sites is 1. The smallest absolute Gasteiger partial charge is 0.307 e. The number of nitrogens with zero attached hydrogens (tertiary/aromatic N) is 1. The number of thioether (sulfide) groups is 1. The molecule has 0 fully saturated rings. The SMILES string of the molecule is CC(C)(C#Cc1ccc(SC(=O)NO)cc1)NC(=O)c1nc2ccccc2s1. The monoisotopic (exact) mass is 411 g/mol. The van der Waals surface area contributed by atoms with Gasteiger partial charge in [-0.25, -0.2) is 10.5 Å². The third-order valence-corrected chi connectivity index (χ3v) is 5.41. The highest BCUT2D eigenvalue weighted by Crippen LogP contribution is 2.22. The van der Waals surface area contributed by atoms with E-state index in [0.717, 1.165) is 27.5 Å². The number of carbonyl (C=O) groups excluding carboxylic acids is 2. The molecule has 3 N–H and O–H groups in total. The molecule has 3 aromatic rings. The third kappa shape index (κ3) is 5.10. The Labute approximate surface area is 170 Å².